The van der Waals surface area contributed by atoms with Gasteiger partial charge in [0.2, 0.25) is 5.91 Å². The molecule has 0 aromatic rings. The lowest BCUT2D eigenvalue weighted by Crippen LogP contribution is -2.53. The van der Waals surface area contributed by atoms with Crippen LogP contribution in [0.15, 0.2) is 11.6 Å². The van der Waals surface area contributed by atoms with Crippen molar-refractivity contribution in [3.05, 3.63) is 11.6 Å². The van der Waals surface area contributed by atoms with E-state index in [0.29, 0.717) is 43.1 Å². The number of hydrogen-bond acceptors (Lipinski definition) is 6. The minimum atomic E-state index is -0.330. The van der Waals surface area contributed by atoms with Gasteiger partial charge in [-0.05, 0) is 158 Å². The lowest BCUT2D eigenvalue weighted by atomic mass is 9.45. The van der Waals surface area contributed by atoms with Gasteiger partial charge in [-0.3, -0.25) is 9.59 Å². The molecule has 0 aliphatic heterocycles. The van der Waals surface area contributed by atoms with Crippen molar-refractivity contribution in [2.24, 2.45) is 57.8 Å². The predicted molar refractivity (Wildman–Crippen MR) is 221 cm³/mol. The number of nitrogens with zero attached hydrogens (tertiary/aromatic N) is 1. The Labute approximate surface area is 326 Å². The van der Waals surface area contributed by atoms with Gasteiger partial charge in [-0.2, -0.15) is 0 Å². The van der Waals surface area contributed by atoms with Gasteiger partial charge in [0.05, 0.1) is 0 Å². The molecule has 4 rings (SSSR count). The number of carbonyl (C=O) groups excluding carboxylic acids is 2. The lowest BCUT2D eigenvalue weighted by Gasteiger charge is -2.60. The molecule has 1 amide bonds. The average molecular weight is 741 g/mol. The van der Waals surface area contributed by atoms with Crippen LogP contribution < -0.4 is 16.8 Å². The third kappa shape index (κ3) is 12.8. The van der Waals surface area contributed by atoms with Crippen LogP contribution in [0.2, 0.25) is 0 Å². The highest BCUT2D eigenvalue weighted by atomic mass is 16.5. The summed E-state index contributed by atoms with van der Waals surface area (Å²) in [5, 5.41) is 3.48. The van der Waals surface area contributed by atoms with Crippen LogP contribution in [0.3, 0.4) is 0 Å². The molecule has 7 unspecified atom stereocenters. The van der Waals surface area contributed by atoms with Crippen LogP contribution in [-0.2, 0) is 14.3 Å². The Morgan fingerprint density at radius 2 is 1.60 bits per heavy atom. The summed E-state index contributed by atoms with van der Waals surface area (Å²) in [5.74, 6) is 4.51. The molecular weight excluding hydrogens is 657 g/mol. The highest BCUT2D eigenvalue weighted by molar-refractivity contribution is 5.77. The first kappa shape index (κ1) is 44.3. The summed E-state index contributed by atoms with van der Waals surface area (Å²) in [6.07, 6.45) is 21.5. The van der Waals surface area contributed by atoms with E-state index in [9.17, 15) is 9.59 Å². The van der Waals surface area contributed by atoms with Gasteiger partial charge in [0, 0.05) is 43.4 Å². The van der Waals surface area contributed by atoms with Crippen molar-refractivity contribution in [1.82, 2.24) is 10.2 Å². The molecule has 3 fully saturated rings. The maximum Gasteiger partial charge on any atom is 0.306 e. The SMILES string of the molecule is CC(C)CCC[C@@H](C)C1C=C2CC(OC(=O)CCCC(=O)N(CCCCNCCC(C)(C)N)CCC(C)(C)N)CCC2(C)C2CCC3(C)CCCC3C12. The van der Waals surface area contributed by atoms with Crippen molar-refractivity contribution in [1.29, 1.82) is 0 Å². The van der Waals surface area contributed by atoms with Gasteiger partial charge < -0.3 is 26.4 Å². The molecule has 0 aromatic carbocycles. The molecule has 8 atom stereocenters. The second kappa shape index (κ2) is 19.1. The van der Waals surface area contributed by atoms with Crippen LogP contribution in [-0.4, -0.2) is 60.1 Å². The Hall–Kier alpha value is -1.44. The summed E-state index contributed by atoms with van der Waals surface area (Å²) in [4.78, 5) is 28.6. The molecule has 0 bridgehead atoms. The molecule has 0 heterocycles. The molecule has 0 aromatic heterocycles. The molecule has 7 heteroatoms. The highest BCUT2D eigenvalue weighted by Gasteiger charge is 2.59. The van der Waals surface area contributed by atoms with Gasteiger partial charge in [0.15, 0.2) is 0 Å². The summed E-state index contributed by atoms with van der Waals surface area (Å²) < 4.78 is 6.22. The van der Waals surface area contributed by atoms with Crippen molar-refractivity contribution in [2.75, 3.05) is 26.2 Å². The zero-order valence-electron chi connectivity index (χ0n) is 36.0. The quantitative estimate of drug-likeness (QED) is 0.0614. The van der Waals surface area contributed by atoms with Gasteiger partial charge in [-0.1, -0.05) is 72.0 Å². The molecular formula is C46H84N4O3. The van der Waals surface area contributed by atoms with E-state index in [1.807, 2.05) is 18.7 Å². The Morgan fingerprint density at radius 1 is 0.868 bits per heavy atom. The van der Waals surface area contributed by atoms with Crippen LogP contribution in [0.4, 0.5) is 0 Å². The summed E-state index contributed by atoms with van der Waals surface area (Å²) in [6.45, 7) is 23.8. The van der Waals surface area contributed by atoms with E-state index in [-0.39, 0.29) is 34.5 Å². The van der Waals surface area contributed by atoms with Crippen molar-refractivity contribution >= 4 is 11.9 Å². The van der Waals surface area contributed by atoms with E-state index >= 15 is 0 Å². The molecule has 306 valence electrons. The number of nitrogens with two attached hydrogens (primary N) is 2. The molecule has 5 N–H and O–H groups in total. The van der Waals surface area contributed by atoms with Crippen LogP contribution in [0.1, 0.15) is 178 Å². The van der Waals surface area contributed by atoms with Crippen molar-refractivity contribution in [3.63, 3.8) is 0 Å². The molecule has 7 nitrogen and oxygen atoms in total. The number of ether oxygens (including phenoxy) is 1. The molecule has 3 saturated carbocycles. The average Bonchev–Trinajstić information content (AvgIpc) is 3.46. The van der Waals surface area contributed by atoms with Crippen LogP contribution in [0, 0.1) is 46.3 Å². The maximum absolute atomic E-state index is 13.4. The standard InChI is InChI=1S/C46H84N4O3/c1-33(2)15-12-16-34(3)37-32-35-31-36(20-24-46(35,9)39-21-23-45(8)22-14-17-38(45)42(37)39)53-41(52)19-13-18-40(51)50(30-26-44(6,7)48)29-11-10-27-49-28-25-43(4,5)47/h32-34,36-39,42,49H,10-31,47-48H2,1-9H3/t34-,36?,37?,38?,39?,42?,45?,46?/m1/s1. The number of amides is 1. The Morgan fingerprint density at radius 3 is 2.30 bits per heavy atom. The number of allylic oxidation sites excluding steroid dienone is 1. The van der Waals surface area contributed by atoms with Gasteiger partial charge in [-0.15, -0.1) is 0 Å². The lowest BCUT2D eigenvalue weighted by molar-refractivity contribution is -0.152. The fourth-order valence-electron chi connectivity index (χ4n) is 11.0. The second-order valence-electron chi connectivity index (χ2n) is 20.9. The Bertz CT molecular complexity index is 1200. The number of fused-ring (bicyclic) bond motifs is 5. The molecule has 0 spiro atoms. The van der Waals surface area contributed by atoms with E-state index < -0.39 is 0 Å². The zero-order chi connectivity index (χ0) is 39.0. The fraction of sp³-hybridized carbons (Fsp3) is 0.913. The molecule has 0 saturated heterocycles. The van der Waals surface area contributed by atoms with Crippen molar-refractivity contribution in [2.45, 2.75) is 195 Å². The largest absolute Gasteiger partial charge is 0.462 e. The van der Waals surface area contributed by atoms with E-state index in [0.717, 1.165) is 88.3 Å². The highest BCUT2D eigenvalue weighted by Crippen LogP contribution is 2.67. The van der Waals surface area contributed by atoms with Crippen LogP contribution >= 0.6 is 0 Å². The summed E-state index contributed by atoms with van der Waals surface area (Å²) in [6, 6.07) is 0. The third-order valence-electron chi connectivity index (χ3n) is 14.5. The van der Waals surface area contributed by atoms with Crippen LogP contribution in [0.25, 0.3) is 0 Å². The van der Waals surface area contributed by atoms with E-state index in [1.165, 1.54) is 51.4 Å². The Kier molecular flexibility index (Phi) is 16.0. The minimum Gasteiger partial charge on any atom is -0.462 e. The predicted octanol–water partition coefficient (Wildman–Crippen LogP) is 9.56. The smallest absolute Gasteiger partial charge is 0.306 e. The number of rotatable bonds is 21. The van der Waals surface area contributed by atoms with Crippen molar-refractivity contribution in [3.8, 4) is 0 Å². The molecule has 4 aliphatic carbocycles. The summed E-state index contributed by atoms with van der Waals surface area (Å²) in [7, 11) is 0. The van der Waals surface area contributed by atoms with E-state index in [1.54, 1.807) is 5.57 Å². The summed E-state index contributed by atoms with van der Waals surface area (Å²) >= 11 is 0. The van der Waals surface area contributed by atoms with Gasteiger partial charge in [-0.25, -0.2) is 0 Å². The van der Waals surface area contributed by atoms with Gasteiger partial charge in [0.25, 0.3) is 0 Å². The number of unbranched alkanes of at least 4 members (excludes halogenated alkanes) is 1. The molecule has 4 aliphatic rings. The first-order valence-electron chi connectivity index (χ1n) is 22.3. The molecule has 53 heavy (non-hydrogen) atoms. The normalized spacial score (nSPS) is 30.6. The third-order valence-corrected chi connectivity index (χ3v) is 14.5. The van der Waals surface area contributed by atoms with Crippen LogP contribution in [0.5, 0.6) is 0 Å². The first-order valence-corrected chi connectivity index (χ1v) is 22.3. The fourth-order valence-corrected chi connectivity index (χ4v) is 11.0. The minimum absolute atomic E-state index is 0.0425. The van der Waals surface area contributed by atoms with Gasteiger partial charge >= 0.3 is 5.97 Å². The van der Waals surface area contributed by atoms with Gasteiger partial charge in [0.1, 0.15) is 6.10 Å². The van der Waals surface area contributed by atoms with Crippen molar-refractivity contribution < 1.29 is 14.3 Å². The van der Waals surface area contributed by atoms with E-state index in [4.69, 9.17) is 16.2 Å². The topological polar surface area (TPSA) is 111 Å². The number of esters is 1. The second-order valence-corrected chi connectivity index (χ2v) is 20.9. The number of hydrogen-bond donors (Lipinski definition) is 3. The number of carbonyl (C=O) groups is 2. The molecule has 0 radical (unpaired) electrons. The first-order chi connectivity index (χ1) is 24.8. The Balaban J connectivity index is 1.31. The zero-order valence-corrected chi connectivity index (χ0v) is 36.0. The summed E-state index contributed by atoms with van der Waals surface area (Å²) in [5.41, 5.74) is 14.3. The monoisotopic (exact) mass is 741 g/mol. The number of nitrogens with one attached hydrogen (secondary N) is 1. The van der Waals surface area contributed by atoms with E-state index in [2.05, 4.69) is 59.9 Å². The maximum atomic E-state index is 13.4.